The molecule has 0 bridgehead atoms. The average Bonchev–Trinajstić information content (AvgIpc) is 3.30. The number of nitriles is 1. The highest BCUT2D eigenvalue weighted by molar-refractivity contribution is 6.31. The van der Waals surface area contributed by atoms with Crippen molar-refractivity contribution in [2.24, 2.45) is 0 Å². The van der Waals surface area contributed by atoms with Gasteiger partial charge in [-0.25, -0.2) is 0 Å². The standard InChI is InChI=1S/C25H23ClN4O3/c1-15-6-5-11-30-22(15)29-24(33-19-9-10-21(26)16(2)12-19)20(25(30)32)13-17(14-27)23(31)28-18-7-3-4-8-18/h5-6,9-13,18H,3-4,7-8H2,1-2H3,(H,28,31). The van der Waals surface area contributed by atoms with Crippen LogP contribution in [-0.4, -0.2) is 21.3 Å². The molecule has 1 N–H and O–H groups in total. The van der Waals surface area contributed by atoms with E-state index in [0.717, 1.165) is 36.8 Å². The van der Waals surface area contributed by atoms with Crippen molar-refractivity contribution >= 4 is 29.2 Å². The number of hydrogen-bond donors (Lipinski definition) is 1. The normalized spacial score (nSPS) is 14.3. The Morgan fingerprint density at radius 1 is 1.27 bits per heavy atom. The SMILES string of the molecule is Cc1cc(Oc2nc3c(C)cccn3c(=O)c2C=C(C#N)C(=O)NC2CCCC2)ccc1Cl. The topological polar surface area (TPSA) is 96.5 Å². The van der Waals surface area contributed by atoms with Gasteiger partial charge >= 0.3 is 0 Å². The van der Waals surface area contributed by atoms with Crippen LogP contribution in [0.25, 0.3) is 11.7 Å². The van der Waals surface area contributed by atoms with Crippen LogP contribution < -0.4 is 15.6 Å². The van der Waals surface area contributed by atoms with Crippen molar-refractivity contribution in [2.45, 2.75) is 45.6 Å². The van der Waals surface area contributed by atoms with E-state index in [0.29, 0.717) is 16.4 Å². The Morgan fingerprint density at radius 2 is 2.03 bits per heavy atom. The van der Waals surface area contributed by atoms with Crippen molar-refractivity contribution in [3.05, 3.63) is 74.2 Å². The van der Waals surface area contributed by atoms with Crippen LogP contribution in [0.1, 0.15) is 42.4 Å². The molecule has 33 heavy (non-hydrogen) atoms. The number of nitrogens with zero attached hydrogens (tertiary/aromatic N) is 3. The fourth-order valence-corrected chi connectivity index (χ4v) is 4.03. The van der Waals surface area contributed by atoms with E-state index in [1.54, 1.807) is 30.5 Å². The Labute approximate surface area is 196 Å². The zero-order valence-corrected chi connectivity index (χ0v) is 19.1. The molecule has 1 fully saturated rings. The number of fused-ring (bicyclic) bond motifs is 1. The highest BCUT2D eigenvalue weighted by Crippen LogP contribution is 2.28. The summed E-state index contributed by atoms with van der Waals surface area (Å²) < 4.78 is 7.36. The Morgan fingerprint density at radius 3 is 2.73 bits per heavy atom. The fourth-order valence-electron chi connectivity index (χ4n) is 3.91. The zero-order chi connectivity index (χ0) is 23.5. The van der Waals surface area contributed by atoms with Gasteiger partial charge in [-0.15, -0.1) is 0 Å². The lowest BCUT2D eigenvalue weighted by atomic mass is 10.1. The van der Waals surface area contributed by atoms with Crippen molar-refractivity contribution in [3.8, 4) is 17.7 Å². The molecule has 3 aromatic rings. The summed E-state index contributed by atoms with van der Waals surface area (Å²) in [5.74, 6) is -0.0610. The maximum Gasteiger partial charge on any atom is 0.269 e. The lowest BCUT2D eigenvalue weighted by Gasteiger charge is -2.13. The molecular weight excluding hydrogens is 440 g/mol. The first-order chi connectivity index (χ1) is 15.9. The summed E-state index contributed by atoms with van der Waals surface area (Å²) in [6, 6.07) is 10.6. The van der Waals surface area contributed by atoms with Crippen molar-refractivity contribution < 1.29 is 9.53 Å². The summed E-state index contributed by atoms with van der Waals surface area (Å²) in [5, 5.41) is 13.1. The van der Waals surface area contributed by atoms with Crippen LogP contribution in [0.5, 0.6) is 11.6 Å². The Balaban J connectivity index is 1.83. The van der Waals surface area contributed by atoms with Crippen molar-refractivity contribution in [2.75, 3.05) is 0 Å². The molecule has 1 aromatic carbocycles. The number of rotatable bonds is 5. The van der Waals surface area contributed by atoms with E-state index in [4.69, 9.17) is 16.3 Å². The molecule has 0 unspecified atom stereocenters. The van der Waals surface area contributed by atoms with E-state index in [-0.39, 0.29) is 23.1 Å². The number of carbonyl (C=O) groups excluding carboxylic acids is 1. The van der Waals surface area contributed by atoms with E-state index in [2.05, 4.69) is 10.3 Å². The molecule has 0 radical (unpaired) electrons. The minimum absolute atomic E-state index is 0.0115. The van der Waals surface area contributed by atoms with Gasteiger partial charge in [0, 0.05) is 17.3 Å². The second-order valence-electron chi connectivity index (χ2n) is 8.16. The largest absolute Gasteiger partial charge is 0.438 e. The van der Waals surface area contributed by atoms with Crippen LogP contribution in [0.4, 0.5) is 0 Å². The number of aryl methyl sites for hydroxylation is 2. The van der Waals surface area contributed by atoms with E-state index in [1.165, 1.54) is 10.5 Å². The van der Waals surface area contributed by atoms with Crippen molar-refractivity contribution in [1.82, 2.24) is 14.7 Å². The maximum atomic E-state index is 13.4. The van der Waals surface area contributed by atoms with Gasteiger partial charge in [0.15, 0.2) is 0 Å². The monoisotopic (exact) mass is 462 g/mol. The molecule has 1 aliphatic rings. The quantitative estimate of drug-likeness (QED) is 0.437. The summed E-state index contributed by atoms with van der Waals surface area (Å²) >= 11 is 6.12. The number of carbonyl (C=O) groups is 1. The van der Waals surface area contributed by atoms with Gasteiger partial charge in [0.2, 0.25) is 5.88 Å². The lowest BCUT2D eigenvalue weighted by molar-refractivity contribution is -0.117. The number of amides is 1. The molecule has 1 amide bonds. The summed E-state index contributed by atoms with van der Waals surface area (Å²) in [6.07, 6.45) is 6.71. The van der Waals surface area contributed by atoms with Crippen LogP contribution in [0.15, 0.2) is 46.9 Å². The van der Waals surface area contributed by atoms with Crippen LogP contribution in [0, 0.1) is 25.2 Å². The third-order valence-electron chi connectivity index (χ3n) is 5.74. The smallest absolute Gasteiger partial charge is 0.269 e. The van der Waals surface area contributed by atoms with E-state index in [1.807, 2.05) is 26.0 Å². The highest BCUT2D eigenvalue weighted by Gasteiger charge is 2.21. The van der Waals surface area contributed by atoms with Crippen LogP contribution in [0.3, 0.4) is 0 Å². The summed E-state index contributed by atoms with van der Waals surface area (Å²) in [4.78, 5) is 30.7. The summed E-state index contributed by atoms with van der Waals surface area (Å²) in [5.41, 5.74) is 1.41. The zero-order valence-electron chi connectivity index (χ0n) is 18.4. The molecule has 8 heteroatoms. The second kappa shape index (κ2) is 9.47. The molecule has 1 aliphatic carbocycles. The number of hydrogen-bond acceptors (Lipinski definition) is 5. The van der Waals surface area contributed by atoms with Gasteiger partial charge in [0.25, 0.3) is 11.5 Å². The lowest BCUT2D eigenvalue weighted by Crippen LogP contribution is -2.33. The average molecular weight is 463 g/mol. The fraction of sp³-hybridized carbons (Fsp3) is 0.280. The van der Waals surface area contributed by atoms with Gasteiger partial charge in [-0.1, -0.05) is 30.5 Å². The van der Waals surface area contributed by atoms with Crippen molar-refractivity contribution in [1.29, 1.82) is 5.26 Å². The molecule has 0 aliphatic heterocycles. The van der Waals surface area contributed by atoms with Crippen molar-refractivity contribution in [3.63, 3.8) is 0 Å². The molecule has 2 aromatic heterocycles. The summed E-state index contributed by atoms with van der Waals surface area (Å²) in [6.45, 7) is 3.67. The Hall–Kier alpha value is -3.63. The first-order valence-corrected chi connectivity index (χ1v) is 11.1. The molecule has 0 atom stereocenters. The first-order valence-electron chi connectivity index (χ1n) is 10.8. The van der Waals surface area contributed by atoms with Gasteiger partial charge in [-0.3, -0.25) is 14.0 Å². The number of nitrogens with one attached hydrogen (secondary N) is 1. The van der Waals surface area contributed by atoms with E-state index >= 15 is 0 Å². The molecule has 0 spiro atoms. The van der Waals surface area contributed by atoms with Crippen LogP contribution in [-0.2, 0) is 4.79 Å². The number of pyridine rings is 1. The molecule has 7 nitrogen and oxygen atoms in total. The predicted molar refractivity (Wildman–Crippen MR) is 126 cm³/mol. The molecule has 168 valence electrons. The van der Waals surface area contributed by atoms with Gasteiger partial charge in [0.1, 0.15) is 28.6 Å². The van der Waals surface area contributed by atoms with Gasteiger partial charge in [-0.05, 0) is 68.2 Å². The first kappa shape index (κ1) is 22.6. The number of aromatic nitrogens is 2. The number of ether oxygens (including phenoxy) is 1. The second-order valence-corrected chi connectivity index (χ2v) is 8.57. The van der Waals surface area contributed by atoms with Gasteiger partial charge < -0.3 is 10.1 Å². The molecule has 0 saturated heterocycles. The highest BCUT2D eigenvalue weighted by atomic mass is 35.5. The molecular formula is C25H23ClN4O3. The Bertz CT molecular complexity index is 1360. The number of halogens is 1. The van der Waals surface area contributed by atoms with E-state index in [9.17, 15) is 14.9 Å². The number of benzene rings is 1. The summed E-state index contributed by atoms with van der Waals surface area (Å²) in [7, 11) is 0. The predicted octanol–water partition coefficient (Wildman–Crippen LogP) is 4.72. The van der Waals surface area contributed by atoms with E-state index < -0.39 is 11.5 Å². The third-order valence-corrected chi connectivity index (χ3v) is 6.16. The van der Waals surface area contributed by atoms with Crippen LogP contribution in [0.2, 0.25) is 5.02 Å². The van der Waals surface area contributed by atoms with Gasteiger partial charge in [0.05, 0.1) is 0 Å². The molecule has 4 rings (SSSR count). The maximum absolute atomic E-state index is 13.4. The molecule has 1 saturated carbocycles. The van der Waals surface area contributed by atoms with Crippen LogP contribution >= 0.6 is 11.6 Å². The minimum atomic E-state index is -0.508. The van der Waals surface area contributed by atoms with Gasteiger partial charge in [-0.2, -0.15) is 10.2 Å². The molecule has 2 heterocycles. The third kappa shape index (κ3) is 4.76. The minimum Gasteiger partial charge on any atom is -0.438 e. The Kier molecular flexibility index (Phi) is 6.47.